The first-order chi connectivity index (χ1) is 8.61. The molecule has 0 bridgehead atoms. The first kappa shape index (κ1) is 12.0. The molecule has 0 aromatic carbocycles. The number of carbonyl (C=O) groups is 2. The molecule has 0 aromatic heterocycles. The van der Waals surface area contributed by atoms with Crippen molar-refractivity contribution in [3.8, 4) is 0 Å². The van der Waals surface area contributed by atoms with Crippen molar-refractivity contribution in [2.24, 2.45) is 17.3 Å². The highest BCUT2D eigenvalue weighted by Gasteiger charge is 2.59. The Morgan fingerprint density at radius 2 is 1.94 bits per heavy atom. The summed E-state index contributed by atoms with van der Waals surface area (Å²) in [4.78, 5) is 24.7. The molecule has 5 nitrogen and oxygen atoms in total. The van der Waals surface area contributed by atoms with E-state index >= 15 is 0 Å². The highest BCUT2D eigenvalue weighted by Crippen LogP contribution is 2.59. The highest BCUT2D eigenvalue weighted by atomic mass is 16.4. The largest absolute Gasteiger partial charge is 0.481 e. The van der Waals surface area contributed by atoms with E-state index in [1.807, 2.05) is 4.90 Å². The van der Waals surface area contributed by atoms with Crippen molar-refractivity contribution in [2.45, 2.75) is 25.7 Å². The monoisotopic (exact) mass is 252 g/mol. The summed E-state index contributed by atoms with van der Waals surface area (Å²) < 4.78 is 0. The summed E-state index contributed by atoms with van der Waals surface area (Å²) in [6.07, 6.45) is 3.49. The standard InChI is InChI=1S/C13H20N2O3/c16-11(17)5-9-7-15(8-9)12(18)10-6-13(10)1-3-14-4-2-13/h9-10,14H,1-8H2,(H,16,17). The molecule has 3 fully saturated rings. The summed E-state index contributed by atoms with van der Waals surface area (Å²) in [6, 6.07) is 0. The van der Waals surface area contributed by atoms with E-state index in [-0.39, 0.29) is 24.2 Å². The number of nitrogens with one attached hydrogen (secondary N) is 1. The molecule has 100 valence electrons. The van der Waals surface area contributed by atoms with Crippen LogP contribution in [0.5, 0.6) is 0 Å². The fourth-order valence-electron chi connectivity index (χ4n) is 3.52. The van der Waals surface area contributed by atoms with Gasteiger partial charge in [-0.2, -0.15) is 0 Å². The molecule has 1 aliphatic carbocycles. The van der Waals surface area contributed by atoms with Crippen LogP contribution >= 0.6 is 0 Å². The average Bonchev–Trinajstić information content (AvgIpc) is 2.97. The van der Waals surface area contributed by atoms with E-state index in [2.05, 4.69) is 5.32 Å². The third-order valence-electron chi connectivity index (χ3n) is 4.82. The number of hydrogen-bond acceptors (Lipinski definition) is 3. The SMILES string of the molecule is O=C(O)CC1CN(C(=O)C2CC23CCNCC3)C1. The van der Waals surface area contributed by atoms with Crippen molar-refractivity contribution in [3.05, 3.63) is 0 Å². The fraction of sp³-hybridized carbons (Fsp3) is 0.846. The van der Waals surface area contributed by atoms with Crippen LogP contribution in [0, 0.1) is 17.3 Å². The second kappa shape index (κ2) is 4.23. The number of amides is 1. The lowest BCUT2D eigenvalue weighted by Crippen LogP contribution is -2.51. The third-order valence-corrected chi connectivity index (χ3v) is 4.82. The van der Waals surface area contributed by atoms with Crippen molar-refractivity contribution in [1.29, 1.82) is 0 Å². The zero-order valence-electron chi connectivity index (χ0n) is 10.5. The molecular weight excluding hydrogens is 232 g/mol. The summed E-state index contributed by atoms with van der Waals surface area (Å²) in [5, 5.41) is 12.0. The van der Waals surface area contributed by atoms with Crippen LogP contribution in [0.15, 0.2) is 0 Å². The van der Waals surface area contributed by atoms with E-state index in [0.29, 0.717) is 18.5 Å². The molecule has 5 heteroatoms. The van der Waals surface area contributed by atoms with Crippen molar-refractivity contribution < 1.29 is 14.7 Å². The number of piperidine rings is 1. The van der Waals surface area contributed by atoms with Gasteiger partial charge in [-0.25, -0.2) is 0 Å². The van der Waals surface area contributed by atoms with Crippen LogP contribution in [-0.2, 0) is 9.59 Å². The van der Waals surface area contributed by atoms with E-state index in [0.717, 1.165) is 32.4 Å². The number of carboxylic acids is 1. The maximum absolute atomic E-state index is 12.3. The Hall–Kier alpha value is -1.10. The minimum absolute atomic E-state index is 0.175. The van der Waals surface area contributed by atoms with Crippen LogP contribution in [0.3, 0.4) is 0 Å². The van der Waals surface area contributed by atoms with E-state index in [9.17, 15) is 9.59 Å². The van der Waals surface area contributed by atoms with Gasteiger partial charge in [0.1, 0.15) is 0 Å². The van der Waals surface area contributed by atoms with Gasteiger partial charge in [-0.1, -0.05) is 0 Å². The molecule has 1 spiro atoms. The smallest absolute Gasteiger partial charge is 0.303 e. The predicted molar refractivity (Wildman–Crippen MR) is 65.0 cm³/mol. The lowest BCUT2D eigenvalue weighted by atomic mass is 9.90. The molecule has 2 saturated heterocycles. The number of nitrogens with zero attached hydrogens (tertiary/aromatic N) is 1. The molecule has 2 heterocycles. The minimum Gasteiger partial charge on any atom is -0.481 e. The van der Waals surface area contributed by atoms with Crippen LogP contribution in [-0.4, -0.2) is 48.1 Å². The molecule has 2 N–H and O–H groups in total. The number of hydrogen-bond donors (Lipinski definition) is 2. The van der Waals surface area contributed by atoms with Gasteiger partial charge in [0.25, 0.3) is 0 Å². The lowest BCUT2D eigenvalue weighted by Gasteiger charge is -2.39. The summed E-state index contributed by atoms with van der Waals surface area (Å²) in [5.41, 5.74) is 0.292. The Balaban J connectivity index is 1.48. The van der Waals surface area contributed by atoms with Gasteiger partial charge in [-0.05, 0) is 37.8 Å². The van der Waals surface area contributed by atoms with Gasteiger partial charge in [-0.3, -0.25) is 9.59 Å². The van der Waals surface area contributed by atoms with Crippen LogP contribution in [0.1, 0.15) is 25.7 Å². The molecule has 2 aliphatic heterocycles. The van der Waals surface area contributed by atoms with Gasteiger partial charge in [-0.15, -0.1) is 0 Å². The minimum atomic E-state index is -0.756. The number of carboxylic acid groups (broad SMARTS) is 1. The van der Waals surface area contributed by atoms with Crippen LogP contribution < -0.4 is 5.32 Å². The molecule has 3 aliphatic rings. The average molecular weight is 252 g/mol. The molecule has 18 heavy (non-hydrogen) atoms. The van der Waals surface area contributed by atoms with E-state index in [4.69, 9.17) is 5.11 Å². The fourth-order valence-corrected chi connectivity index (χ4v) is 3.52. The molecule has 0 radical (unpaired) electrons. The molecule has 1 atom stereocenters. The first-order valence-electron chi connectivity index (χ1n) is 6.82. The van der Waals surface area contributed by atoms with Gasteiger partial charge in [0, 0.05) is 24.9 Å². The van der Waals surface area contributed by atoms with Crippen molar-refractivity contribution >= 4 is 11.9 Å². The van der Waals surface area contributed by atoms with Gasteiger partial charge in [0.05, 0.1) is 6.42 Å². The maximum Gasteiger partial charge on any atom is 0.303 e. The number of carbonyl (C=O) groups excluding carboxylic acids is 1. The van der Waals surface area contributed by atoms with Gasteiger partial charge >= 0.3 is 5.97 Å². The molecule has 0 aromatic rings. The second-order valence-corrected chi connectivity index (χ2v) is 6.08. The molecular formula is C13H20N2O3. The Morgan fingerprint density at radius 1 is 1.28 bits per heavy atom. The summed E-state index contributed by atoms with van der Waals surface area (Å²) in [7, 11) is 0. The first-order valence-corrected chi connectivity index (χ1v) is 6.82. The third kappa shape index (κ3) is 2.00. The van der Waals surface area contributed by atoms with Crippen LogP contribution in [0.2, 0.25) is 0 Å². The summed E-state index contributed by atoms with van der Waals surface area (Å²) in [5.74, 6) is -0.0774. The van der Waals surface area contributed by atoms with E-state index < -0.39 is 5.97 Å². The van der Waals surface area contributed by atoms with E-state index in [1.54, 1.807) is 0 Å². The number of aliphatic carboxylic acids is 1. The predicted octanol–water partition coefficient (Wildman–Crippen LogP) is 0.309. The second-order valence-electron chi connectivity index (χ2n) is 6.08. The normalized spacial score (nSPS) is 30.0. The molecule has 1 unspecified atom stereocenters. The summed E-state index contributed by atoms with van der Waals surface area (Å²) >= 11 is 0. The lowest BCUT2D eigenvalue weighted by molar-refractivity contribution is -0.146. The quantitative estimate of drug-likeness (QED) is 0.758. The maximum atomic E-state index is 12.3. The Labute approximate surface area is 107 Å². The molecule has 1 amide bonds. The zero-order chi connectivity index (χ0) is 12.8. The number of rotatable bonds is 3. The van der Waals surface area contributed by atoms with Crippen LogP contribution in [0.25, 0.3) is 0 Å². The van der Waals surface area contributed by atoms with Crippen molar-refractivity contribution in [1.82, 2.24) is 10.2 Å². The van der Waals surface area contributed by atoms with Gasteiger partial charge in [0.2, 0.25) is 5.91 Å². The topological polar surface area (TPSA) is 69.6 Å². The molecule has 1 saturated carbocycles. The number of likely N-dealkylation sites (tertiary alicyclic amines) is 1. The molecule has 3 rings (SSSR count). The van der Waals surface area contributed by atoms with Crippen molar-refractivity contribution in [2.75, 3.05) is 26.2 Å². The Bertz CT molecular complexity index is 370. The summed E-state index contributed by atoms with van der Waals surface area (Å²) in [6.45, 7) is 3.36. The van der Waals surface area contributed by atoms with Gasteiger partial charge in [0.15, 0.2) is 0 Å². The Morgan fingerprint density at radius 3 is 2.56 bits per heavy atom. The Kier molecular flexibility index (Phi) is 2.81. The van der Waals surface area contributed by atoms with Crippen molar-refractivity contribution in [3.63, 3.8) is 0 Å². The zero-order valence-corrected chi connectivity index (χ0v) is 10.5. The van der Waals surface area contributed by atoms with Crippen LogP contribution in [0.4, 0.5) is 0 Å². The van der Waals surface area contributed by atoms with Gasteiger partial charge < -0.3 is 15.3 Å². The highest BCUT2D eigenvalue weighted by molar-refractivity contribution is 5.83. The van der Waals surface area contributed by atoms with E-state index in [1.165, 1.54) is 0 Å².